The van der Waals surface area contributed by atoms with Gasteiger partial charge in [-0.2, -0.15) is 24.4 Å². The molecule has 0 aromatic carbocycles. The highest BCUT2D eigenvalue weighted by atomic mass is 32.2. The minimum atomic E-state index is 0.990. The van der Waals surface area contributed by atoms with E-state index in [9.17, 15) is 0 Å². The van der Waals surface area contributed by atoms with Gasteiger partial charge in [0.1, 0.15) is 11.5 Å². The van der Waals surface area contributed by atoms with Gasteiger partial charge in [0.15, 0.2) is 0 Å². The number of rotatable bonds is 7. The van der Waals surface area contributed by atoms with E-state index in [-0.39, 0.29) is 0 Å². The molecule has 0 N–H and O–H groups in total. The van der Waals surface area contributed by atoms with E-state index < -0.39 is 0 Å². The monoisotopic (exact) mass is 230 g/mol. The molecule has 0 saturated carbocycles. The third-order valence-electron chi connectivity index (χ3n) is 2.01. The van der Waals surface area contributed by atoms with E-state index in [4.69, 9.17) is 4.42 Å². The normalized spacial score (nSPS) is 10.7. The number of furan rings is 1. The summed E-state index contributed by atoms with van der Waals surface area (Å²) < 4.78 is 5.60. The van der Waals surface area contributed by atoms with Gasteiger partial charge in [-0.3, -0.25) is 0 Å². The van der Waals surface area contributed by atoms with Crippen molar-refractivity contribution < 1.29 is 4.42 Å². The molecular weight excluding hydrogens is 212 g/mol. The third-order valence-corrected chi connectivity index (χ3v) is 3.39. The molecule has 0 saturated heterocycles. The van der Waals surface area contributed by atoms with E-state index in [0.29, 0.717) is 0 Å². The first kappa shape index (κ1) is 12.1. The fraction of sp³-hybridized carbons (Fsp3) is 0.636. The number of thioether (sulfide) groups is 1. The SMILES string of the molecule is CCc1ccc(CSCCCCS)o1. The van der Waals surface area contributed by atoms with Gasteiger partial charge in [0, 0.05) is 6.42 Å². The lowest BCUT2D eigenvalue weighted by atomic mass is 10.4. The summed E-state index contributed by atoms with van der Waals surface area (Å²) >= 11 is 6.12. The minimum Gasteiger partial charge on any atom is -0.465 e. The van der Waals surface area contributed by atoms with Gasteiger partial charge >= 0.3 is 0 Å². The van der Waals surface area contributed by atoms with Crippen LogP contribution in [0, 0.1) is 0 Å². The molecule has 0 bridgehead atoms. The summed E-state index contributed by atoms with van der Waals surface area (Å²) in [5.41, 5.74) is 0. The van der Waals surface area contributed by atoms with Crippen molar-refractivity contribution in [2.24, 2.45) is 0 Å². The smallest absolute Gasteiger partial charge is 0.114 e. The number of hydrogen-bond donors (Lipinski definition) is 1. The molecule has 0 atom stereocenters. The van der Waals surface area contributed by atoms with Crippen LogP contribution in [0.1, 0.15) is 31.3 Å². The van der Waals surface area contributed by atoms with Gasteiger partial charge in [-0.25, -0.2) is 0 Å². The summed E-state index contributed by atoms with van der Waals surface area (Å²) in [5, 5.41) is 0. The summed E-state index contributed by atoms with van der Waals surface area (Å²) in [4.78, 5) is 0. The van der Waals surface area contributed by atoms with Crippen LogP contribution in [0.3, 0.4) is 0 Å². The Morgan fingerprint density at radius 2 is 2.07 bits per heavy atom. The third kappa shape index (κ3) is 4.47. The lowest BCUT2D eigenvalue weighted by Gasteiger charge is -1.98. The molecule has 0 unspecified atom stereocenters. The molecule has 1 heterocycles. The van der Waals surface area contributed by atoms with E-state index >= 15 is 0 Å². The number of hydrogen-bond acceptors (Lipinski definition) is 3. The number of thiol groups is 1. The van der Waals surface area contributed by atoms with Crippen LogP contribution in [-0.2, 0) is 12.2 Å². The van der Waals surface area contributed by atoms with Crippen molar-refractivity contribution in [3.05, 3.63) is 23.7 Å². The van der Waals surface area contributed by atoms with Crippen molar-refractivity contribution in [2.45, 2.75) is 31.9 Å². The topological polar surface area (TPSA) is 13.1 Å². The highest BCUT2D eigenvalue weighted by Crippen LogP contribution is 2.16. The molecule has 80 valence electrons. The second kappa shape index (κ2) is 7.30. The van der Waals surface area contributed by atoms with E-state index in [1.807, 2.05) is 11.8 Å². The van der Waals surface area contributed by atoms with Crippen molar-refractivity contribution in [1.82, 2.24) is 0 Å². The van der Waals surface area contributed by atoms with Crippen molar-refractivity contribution >= 4 is 24.4 Å². The van der Waals surface area contributed by atoms with Gasteiger partial charge in [0.25, 0.3) is 0 Å². The zero-order valence-corrected chi connectivity index (χ0v) is 10.4. The largest absolute Gasteiger partial charge is 0.465 e. The van der Waals surface area contributed by atoms with Gasteiger partial charge < -0.3 is 4.42 Å². The van der Waals surface area contributed by atoms with Gasteiger partial charge in [-0.15, -0.1) is 0 Å². The molecule has 14 heavy (non-hydrogen) atoms. The summed E-state index contributed by atoms with van der Waals surface area (Å²) in [6.45, 7) is 2.11. The molecule has 1 aromatic rings. The Balaban J connectivity index is 2.12. The van der Waals surface area contributed by atoms with Crippen LogP contribution in [0.25, 0.3) is 0 Å². The van der Waals surface area contributed by atoms with E-state index in [2.05, 4.69) is 31.7 Å². The molecule has 0 aliphatic heterocycles. The van der Waals surface area contributed by atoms with Crippen molar-refractivity contribution in [2.75, 3.05) is 11.5 Å². The van der Waals surface area contributed by atoms with E-state index in [1.165, 1.54) is 18.6 Å². The Kier molecular flexibility index (Phi) is 6.28. The standard InChI is InChI=1S/C11H18OS2/c1-2-10-5-6-11(12-10)9-14-8-4-3-7-13/h5-6,13H,2-4,7-9H2,1H3. The van der Waals surface area contributed by atoms with Crippen LogP contribution in [0.2, 0.25) is 0 Å². The highest BCUT2D eigenvalue weighted by molar-refractivity contribution is 7.98. The number of unbranched alkanes of at least 4 members (excludes halogenated alkanes) is 1. The molecule has 0 fully saturated rings. The predicted octanol–water partition coefficient (Wildman–Crippen LogP) is 3.79. The first-order valence-electron chi connectivity index (χ1n) is 5.13. The Hall–Kier alpha value is -0.0200. The molecular formula is C11H18OS2. The lowest BCUT2D eigenvalue weighted by Crippen LogP contribution is -1.83. The molecule has 1 aromatic heterocycles. The molecule has 0 amide bonds. The maximum atomic E-state index is 5.60. The van der Waals surface area contributed by atoms with Gasteiger partial charge in [0.2, 0.25) is 0 Å². The minimum absolute atomic E-state index is 0.990. The average Bonchev–Trinajstić information content (AvgIpc) is 2.65. The molecule has 1 nitrogen and oxygen atoms in total. The summed E-state index contributed by atoms with van der Waals surface area (Å²) in [6, 6.07) is 4.16. The molecule has 0 aliphatic carbocycles. The zero-order chi connectivity index (χ0) is 10.2. The van der Waals surface area contributed by atoms with E-state index in [0.717, 1.165) is 29.4 Å². The van der Waals surface area contributed by atoms with Gasteiger partial charge in [0.05, 0.1) is 5.75 Å². The maximum Gasteiger partial charge on any atom is 0.114 e. The van der Waals surface area contributed by atoms with Gasteiger partial charge in [-0.05, 0) is 36.5 Å². The zero-order valence-electron chi connectivity index (χ0n) is 8.66. The molecule has 0 aliphatic rings. The van der Waals surface area contributed by atoms with Crippen molar-refractivity contribution in [3.8, 4) is 0 Å². The molecule has 0 radical (unpaired) electrons. The van der Waals surface area contributed by atoms with Crippen LogP contribution in [0.15, 0.2) is 16.5 Å². The second-order valence-electron chi connectivity index (χ2n) is 3.20. The van der Waals surface area contributed by atoms with Crippen LogP contribution in [0.5, 0.6) is 0 Å². The summed E-state index contributed by atoms with van der Waals surface area (Å²) in [6.07, 6.45) is 3.47. The van der Waals surface area contributed by atoms with Crippen molar-refractivity contribution in [1.29, 1.82) is 0 Å². The molecule has 3 heteroatoms. The number of aryl methyl sites for hydroxylation is 1. The molecule has 0 spiro atoms. The Morgan fingerprint density at radius 1 is 1.29 bits per heavy atom. The van der Waals surface area contributed by atoms with Crippen LogP contribution >= 0.6 is 24.4 Å². The highest BCUT2D eigenvalue weighted by Gasteiger charge is 1.99. The fourth-order valence-corrected chi connectivity index (χ4v) is 2.31. The Bertz CT molecular complexity index is 245. The second-order valence-corrected chi connectivity index (χ2v) is 4.76. The van der Waals surface area contributed by atoms with Gasteiger partial charge in [-0.1, -0.05) is 6.92 Å². The van der Waals surface area contributed by atoms with Crippen molar-refractivity contribution in [3.63, 3.8) is 0 Å². The predicted molar refractivity (Wildman–Crippen MR) is 67.3 cm³/mol. The lowest BCUT2D eigenvalue weighted by molar-refractivity contribution is 0.485. The van der Waals surface area contributed by atoms with Crippen LogP contribution in [0.4, 0.5) is 0 Å². The quantitative estimate of drug-likeness (QED) is 0.565. The average molecular weight is 230 g/mol. The van der Waals surface area contributed by atoms with Crippen LogP contribution in [-0.4, -0.2) is 11.5 Å². The molecule has 1 rings (SSSR count). The first-order valence-corrected chi connectivity index (χ1v) is 6.91. The summed E-state index contributed by atoms with van der Waals surface area (Å²) in [5.74, 6) is 5.42. The Morgan fingerprint density at radius 3 is 2.71 bits per heavy atom. The first-order chi connectivity index (χ1) is 6.86. The van der Waals surface area contributed by atoms with E-state index in [1.54, 1.807) is 0 Å². The maximum absolute atomic E-state index is 5.60. The van der Waals surface area contributed by atoms with Crippen LogP contribution < -0.4 is 0 Å². The Labute approximate surface area is 96.1 Å². The fourth-order valence-electron chi connectivity index (χ4n) is 1.18. The summed E-state index contributed by atoms with van der Waals surface area (Å²) in [7, 11) is 0.